The molecule has 0 bridgehead atoms. The van der Waals surface area contributed by atoms with E-state index in [1.165, 1.54) is 15.6 Å². The van der Waals surface area contributed by atoms with Crippen LogP contribution in [0.4, 0.5) is 0 Å². The monoisotopic (exact) mass is 369 g/mol. The van der Waals surface area contributed by atoms with Crippen molar-refractivity contribution in [3.05, 3.63) is 14.7 Å². The summed E-state index contributed by atoms with van der Waals surface area (Å²) in [5.41, 5.74) is 0. The fourth-order valence-corrected chi connectivity index (χ4v) is 5.91. The van der Waals surface area contributed by atoms with Crippen molar-refractivity contribution < 1.29 is 18.3 Å². The Balaban J connectivity index is 3.16. The number of carbonyl (C=O) groups is 1. The largest absolute Gasteiger partial charge is 0.481 e. The average Bonchev–Trinajstić information content (AvgIpc) is 2.57. The van der Waals surface area contributed by atoms with Gasteiger partial charge >= 0.3 is 5.97 Å². The van der Waals surface area contributed by atoms with Crippen LogP contribution in [0.2, 0.25) is 0 Å². The molecule has 0 aliphatic carbocycles. The lowest BCUT2D eigenvalue weighted by Gasteiger charge is -2.26. The van der Waals surface area contributed by atoms with E-state index in [9.17, 15) is 13.2 Å². The number of rotatable bonds is 6. The van der Waals surface area contributed by atoms with Crippen molar-refractivity contribution in [2.45, 2.75) is 38.1 Å². The number of carboxylic acids is 1. The zero-order chi connectivity index (χ0) is 14.8. The van der Waals surface area contributed by atoms with Gasteiger partial charge in [-0.05, 0) is 35.8 Å². The lowest BCUT2D eigenvalue weighted by atomic mass is 10.2. The Morgan fingerprint density at radius 3 is 2.53 bits per heavy atom. The molecular weight excluding hydrogens is 354 g/mol. The van der Waals surface area contributed by atoms with Gasteiger partial charge in [-0.25, -0.2) is 8.42 Å². The van der Waals surface area contributed by atoms with E-state index in [1.54, 1.807) is 26.8 Å². The van der Waals surface area contributed by atoms with Crippen molar-refractivity contribution in [1.82, 2.24) is 4.31 Å². The van der Waals surface area contributed by atoms with Gasteiger partial charge in [-0.2, -0.15) is 4.31 Å². The molecule has 1 rings (SSSR count). The third-order valence-electron chi connectivity index (χ3n) is 2.70. The first kappa shape index (κ1) is 16.6. The maximum Gasteiger partial charge on any atom is 0.304 e. The Morgan fingerprint density at radius 2 is 2.16 bits per heavy atom. The van der Waals surface area contributed by atoms with Gasteiger partial charge in [0, 0.05) is 17.5 Å². The van der Waals surface area contributed by atoms with Gasteiger partial charge in [0.25, 0.3) is 0 Å². The third kappa shape index (κ3) is 3.77. The minimum absolute atomic E-state index is 0.211. The van der Waals surface area contributed by atoms with E-state index in [-0.39, 0.29) is 17.9 Å². The van der Waals surface area contributed by atoms with Crippen molar-refractivity contribution >= 4 is 43.3 Å². The molecule has 108 valence electrons. The molecule has 0 spiro atoms. The lowest BCUT2D eigenvalue weighted by Crippen LogP contribution is -2.39. The fraction of sp³-hybridized carbons (Fsp3) is 0.545. The highest BCUT2D eigenvalue weighted by Crippen LogP contribution is 2.32. The van der Waals surface area contributed by atoms with Crippen LogP contribution in [0.3, 0.4) is 0 Å². The molecule has 0 fully saturated rings. The predicted octanol–water partition coefficient (Wildman–Crippen LogP) is 2.69. The summed E-state index contributed by atoms with van der Waals surface area (Å²) in [5.74, 6) is -1.01. The highest BCUT2D eigenvalue weighted by Gasteiger charge is 2.31. The van der Waals surface area contributed by atoms with Crippen molar-refractivity contribution in [3.8, 4) is 0 Å². The molecule has 0 aliphatic rings. The topological polar surface area (TPSA) is 74.7 Å². The van der Waals surface area contributed by atoms with Crippen molar-refractivity contribution in [2.75, 3.05) is 6.54 Å². The van der Waals surface area contributed by atoms with Gasteiger partial charge < -0.3 is 5.11 Å². The van der Waals surface area contributed by atoms with E-state index >= 15 is 0 Å². The molecule has 1 aromatic heterocycles. The summed E-state index contributed by atoms with van der Waals surface area (Å²) < 4.78 is 27.0. The second-order valence-corrected chi connectivity index (χ2v) is 8.62. The number of halogens is 1. The van der Waals surface area contributed by atoms with Crippen LogP contribution in [0.25, 0.3) is 0 Å². The quantitative estimate of drug-likeness (QED) is 0.836. The van der Waals surface area contributed by atoms with Gasteiger partial charge in [0.1, 0.15) is 0 Å². The summed E-state index contributed by atoms with van der Waals surface area (Å²) in [6.45, 7) is 5.28. The molecule has 8 heteroatoms. The zero-order valence-electron chi connectivity index (χ0n) is 10.9. The van der Waals surface area contributed by atoms with Crippen LogP contribution >= 0.6 is 27.3 Å². The summed E-state index contributed by atoms with van der Waals surface area (Å²) in [4.78, 5) is 11.7. The average molecular weight is 370 g/mol. The van der Waals surface area contributed by atoms with Crippen molar-refractivity contribution in [3.63, 3.8) is 0 Å². The molecule has 0 saturated heterocycles. The Labute approximate surface area is 125 Å². The smallest absolute Gasteiger partial charge is 0.304 e. The highest BCUT2D eigenvalue weighted by atomic mass is 79.9. The zero-order valence-corrected chi connectivity index (χ0v) is 14.1. The van der Waals surface area contributed by atoms with Crippen LogP contribution in [0.1, 0.15) is 25.1 Å². The number of thiophene rings is 1. The molecule has 1 aromatic rings. The number of aliphatic carboxylic acids is 1. The number of hydrogen-bond acceptors (Lipinski definition) is 4. The van der Waals surface area contributed by atoms with Gasteiger partial charge in [-0.15, -0.1) is 11.3 Å². The normalized spacial score (nSPS) is 13.7. The SMILES string of the molecule is CCN(C(C)CC(=O)O)S(=O)(=O)c1cc(Br)sc1C. The number of nitrogens with zero attached hydrogens (tertiary/aromatic N) is 1. The Morgan fingerprint density at radius 1 is 1.58 bits per heavy atom. The van der Waals surface area contributed by atoms with Crippen LogP contribution in [-0.4, -0.2) is 36.4 Å². The molecule has 1 atom stereocenters. The summed E-state index contributed by atoms with van der Waals surface area (Å²) in [6.07, 6.45) is -0.211. The molecule has 1 unspecified atom stereocenters. The third-order valence-corrected chi connectivity index (χ3v) is 6.60. The first-order valence-corrected chi connectivity index (χ1v) is 8.74. The number of sulfonamides is 1. The Kier molecular flexibility index (Phi) is 5.54. The second-order valence-electron chi connectivity index (χ2n) is 4.13. The molecule has 0 saturated carbocycles. The molecule has 1 heterocycles. The number of carboxylic acid groups (broad SMARTS) is 1. The van der Waals surface area contributed by atoms with Crippen molar-refractivity contribution in [2.24, 2.45) is 0 Å². The van der Waals surface area contributed by atoms with Gasteiger partial charge in [-0.1, -0.05) is 6.92 Å². The lowest BCUT2D eigenvalue weighted by molar-refractivity contribution is -0.137. The fourth-order valence-electron chi connectivity index (χ4n) is 1.89. The van der Waals surface area contributed by atoms with Gasteiger partial charge in [0.05, 0.1) is 15.1 Å². The molecule has 0 radical (unpaired) electrons. The maximum atomic E-state index is 12.5. The second kappa shape index (κ2) is 6.34. The first-order chi connectivity index (χ1) is 8.70. The van der Waals surface area contributed by atoms with Crippen LogP contribution < -0.4 is 0 Å². The van der Waals surface area contributed by atoms with Crippen LogP contribution in [0.5, 0.6) is 0 Å². The summed E-state index contributed by atoms with van der Waals surface area (Å²) >= 11 is 4.61. The Bertz CT molecular complexity index is 567. The number of hydrogen-bond donors (Lipinski definition) is 1. The molecule has 0 aliphatic heterocycles. The van der Waals surface area contributed by atoms with E-state index in [0.29, 0.717) is 4.88 Å². The summed E-state index contributed by atoms with van der Waals surface area (Å²) in [5, 5.41) is 8.80. The van der Waals surface area contributed by atoms with Crippen LogP contribution in [0, 0.1) is 6.92 Å². The van der Waals surface area contributed by atoms with Crippen LogP contribution in [-0.2, 0) is 14.8 Å². The highest BCUT2D eigenvalue weighted by molar-refractivity contribution is 9.11. The molecule has 0 amide bonds. The van der Waals surface area contributed by atoms with E-state index in [0.717, 1.165) is 3.79 Å². The first-order valence-electron chi connectivity index (χ1n) is 5.69. The molecule has 0 aromatic carbocycles. The summed E-state index contributed by atoms with van der Waals surface area (Å²) in [6, 6.07) is 0.983. The predicted molar refractivity (Wildman–Crippen MR) is 78.0 cm³/mol. The molecule has 1 N–H and O–H groups in total. The van der Waals surface area contributed by atoms with Gasteiger partial charge in [-0.3, -0.25) is 4.79 Å². The van der Waals surface area contributed by atoms with E-state index < -0.39 is 22.0 Å². The minimum atomic E-state index is -3.66. The maximum absolute atomic E-state index is 12.5. The van der Waals surface area contributed by atoms with Gasteiger partial charge in [0.2, 0.25) is 10.0 Å². The number of aryl methyl sites for hydroxylation is 1. The minimum Gasteiger partial charge on any atom is -0.481 e. The van der Waals surface area contributed by atoms with E-state index in [4.69, 9.17) is 5.11 Å². The molecule has 5 nitrogen and oxygen atoms in total. The molecular formula is C11H16BrNO4S2. The van der Waals surface area contributed by atoms with Crippen molar-refractivity contribution in [1.29, 1.82) is 0 Å². The Hall–Kier alpha value is -0.440. The van der Waals surface area contributed by atoms with E-state index in [1.807, 2.05) is 0 Å². The van der Waals surface area contributed by atoms with E-state index in [2.05, 4.69) is 15.9 Å². The van der Waals surface area contributed by atoms with Crippen LogP contribution in [0.15, 0.2) is 14.7 Å². The molecule has 19 heavy (non-hydrogen) atoms. The standard InChI is InChI=1S/C11H16BrNO4S2/c1-4-13(7(2)5-11(14)15)19(16,17)9-6-10(12)18-8(9)3/h6-7H,4-5H2,1-3H3,(H,14,15). The van der Waals surface area contributed by atoms with Gasteiger partial charge in [0.15, 0.2) is 0 Å². The summed E-state index contributed by atoms with van der Waals surface area (Å²) in [7, 11) is -3.66.